The molecule has 40 heavy (non-hydrogen) atoms. The summed E-state index contributed by atoms with van der Waals surface area (Å²) in [6.07, 6.45) is 4.59. The van der Waals surface area contributed by atoms with Gasteiger partial charge in [-0.05, 0) is 58.4 Å². The molecule has 0 N–H and O–H groups in total. The van der Waals surface area contributed by atoms with Gasteiger partial charge in [-0.15, -0.1) is 0 Å². The van der Waals surface area contributed by atoms with Crippen LogP contribution in [0.3, 0.4) is 0 Å². The monoisotopic (exact) mass is 567 g/mol. The summed E-state index contributed by atoms with van der Waals surface area (Å²) in [4.78, 5) is 39.7. The molecule has 4 aliphatic rings. The SMILES string of the molecule is C=CC(=O)N1CCN2C(=O)c3c(N4CC(N(C)C5CC5)CC4(C)C)nc(-c4ccccc4F)c(Cl)c3OCC2C1. The van der Waals surface area contributed by atoms with Crippen LogP contribution in [0.15, 0.2) is 36.9 Å². The van der Waals surface area contributed by atoms with Gasteiger partial charge in [0.05, 0.1) is 11.7 Å². The highest BCUT2D eigenvalue weighted by atomic mass is 35.5. The zero-order valence-electron chi connectivity index (χ0n) is 23.2. The van der Waals surface area contributed by atoms with E-state index in [9.17, 15) is 9.59 Å². The third-order valence-corrected chi connectivity index (χ3v) is 9.23. The summed E-state index contributed by atoms with van der Waals surface area (Å²) >= 11 is 6.92. The Balaban J connectivity index is 1.48. The molecule has 3 aliphatic heterocycles. The molecule has 8 nitrogen and oxygen atoms in total. The zero-order chi connectivity index (χ0) is 28.3. The normalized spacial score (nSPS) is 23.9. The second-order valence-corrected chi connectivity index (χ2v) is 12.3. The van der Waals surface area contributed by atoms with Gasteiger partial charge < -0.3 is 19.4 Å². The molecule has 10 heteroatoms. The van der Waals surface area contributed by atoms with E-state index in [-0.39, 0.29) is 58.1 Å². The first-order chi connectivity index (χ1) is 19.1. The van der Waals surface area contributed by atoms with Crippen molar-refractivity contribution in [2.24, 2.45) is 0 Å². The minimum Gasteiger partial charge on any atom is -0.489 e. The van der Waals surface area contributed by atoms with E-state index in [2.05, 4.69) is 37.3 Å². The molecule has 2 atom stereocenters. The second-order valence-electron chi connectivity index (χ2n) is 11.9. The Morgan fingerprint density at radius 1 is 1.23 bits per heavy atom. The molecular formula is C30H35ClFN5O3. The molecule has 6 rings (SSSR count). The van der Waals surface area contributed by atoms with Crippen LogP contribution < -0.4 is 9.64 Å². The summed E-state index contributed by atoms with van der Waals surface area (Å²) in [5.41, 5.74) is 0.481. The third kappa shape index (κ3) is 4.53. The Hall–Kier alpha value is -3.17. The molecule has 2 aromatic rings. The molecule has 0 spiro atoms. The van der Waals surface area contributed by atoms with Crippen LogP contribution in [0.25, 0.3) is 11.3 Å². The van der Waals surface area contributed by atoms with Crippen LogP contribution in [0.4, 0.5) is 10.2 Å². The number of pyridine rings is 1. The second kappa shape index (κ2) is 10.0. The van der Waals surface area contributed by atoms with E-state index in [1.807, 2.05) is 0 Å². The first-order valence-corrected chi connectivity index (χ1v) is 14.3. The Kier molecular flexibility index (Phi) is 6.78. The molecular weight excluding hydrogens is 533 g/mol. The highest BCUT2D eigenvalue weighted by molar-refractivity contribution is 6.35. The van der Waals surface area contributed by atoms with Crippen LogP contribution in [0.2, 0.25) is 5.02 Å². The number of hydrogen-bond acceptors (Lipinski definition) is 6. The van der Waals surface area contributed by atoms with E-state index in [0.717, 1.165) is 6.42 Å². The maximum Gasteiger partial charge on any atom is 0.261 e. The first-order valence-electron chi connectivity index (χ1n) is 13.9. The first kappa shape index (κ1) is 27.0. The van der Waals surface area contributed by atoms with E-state index >= 15 is 4.39 Å². The summed E-state index contributed by atoms with van der Waals surface area (Å²) in [5.74, 6) is -0.181. The number of nitrogens with zero attached hydrogens (tertiary/aromatic N) is 5. The summed E-state index contributed by atoms with van der Waals surface area (Å²) in [6, 6.07) is 6.88. The fourth-order valence-corrected chi connectivity index (χ4v) is 6.73. The number of carbonyl (C=O) groups excluding carboxylic acids is 2. The number of aromatic nitrogens is 1. The minimum absolute atomic E-state index is 0.111. The highest BCUT2D eigenvalue weighted by Crippen LogP contribution is 2.47. The van der Waals surface area contributed by atoms with Crippen LogP contribution in [0, 0.1) is 5.82 Å². The smallest absolute Gasteiger partial charge is 0.261 e. The lowest BCUT2D eigenvalue weighted by molar-refractivity contribution is -0.128. The van der Waals surface area contributed by atoms with Gasteiger partial charge in [-0.2, -0.15) is 0 Å². The molecule has 0 radical (unpaired) electrons. The van der Waals surface area contributed by atoms with Crippen molar-refractivity contribution in [3.63, 3.8) is 0 Å². The van der Waals surface area contributed by atoms with Gasteiger partial charge in [0, 0.05) is 49.4 Å². The topological polar surface area (TPSA) is 69.2 Å². The Morgan fingerprint density at radius 2 is 1.98 bits per heavy atom. The van der Waals surface area contributed by atoms with Crippen molar-refractivity contribution in [2.45, 2.75) is 56.8 Å². The summed E-state index contributed by atoms with van der Waals surface area (Å²) in [7, 11) is 2.17. The number of halogens is 2. The predicted octanol–water partition coefficient (Wildman–Crippen LogP) is 4.22. The molecule has 1 aromatic carbocycles. The largest absolute Gasteiger partial charge is 0.489 e. The number of amides is 2. The molecule has 0 bridgehead atoms. The number of hydrogen-bond donors (Lipinski definition) is 0. The molecule has 3 fully saturated rings. The van der Waals surface area contributed by atoms with Crippen molar-refractivity contribution < 1.29 is 18.7 Å². The molecule has 2 saturated heterocycles. The number of anilines is 1. The van der Waals surface area contributed by atoms with Crippen LogP contribution in [-0.4, -0.2) is 95.0 Å². The number of piperazine rings is 1. The highest BCUT2D eigenvalue weighted by Gasteiger charge is 2.47. The van der Waals surface area contributed by atoms with E-state index in [1.165, 1.54) is 25.0 Å². The average Bonchev–Trinajstić information content (AvgIpc) is 3.75. The third-order valence-electron chi connectivity index (χ3n) is 8.88. The fourth-order valence-electron chi connectivity index (χ4n) is 6.44. The molecule has 1 aliphatic carbocycles. The van der Waals surface area contributed by atoms with E-state index in [1.54, 1.807) is 28.0 Å². The quantitative estimate of drug-likeness (QED) is 0.504. The Labute approximate surface area is 239 Å². The van der Waals surface area contributed by atoms with Gasteiger partial charge in [-0.25, -0.2) is 9.37 Å². The minimum atomic E-state index is -0.453. The maximum absolute atomic E-state index is 15.1. The van der Waals surface area contributed by atoms with Gasteiger partial charge in [0.1, 0.15) is 28.8 Å². The van der Waals surface area contributed by atoms with E-state index in [4.69, 9.17) is 21.3 Å². The van der Waals surface area contributed by atoms with Crippen molar-refractivity contribution in [3.8, 4) is 17.0 Å². The lowest BCUT2D eigenvalue weighted by Crippen LogP contribution is -2.57. The number of likely N-dealkylation sites (N-methyl/N-ethyl adjacent to an activating group) is 1. The summed E-state index contributed by atoms with van der Waals surface area (Å²) < 4.78 is 21.4. The molecule has 2 amide bonds. The van der Waals surface area contributed by atoms with Crippen molar-refractivity contribution in [1.82, 2.24) is 19.7 Å². The van der Waals surface area contributed by atoms with Crippen LogP contribution >= 0.6 is 11.6 Å². The number of carbonyl (C=O) groups is 2. The van der Waals surface area contributed by atoms with Gasteiger partial charge in [0.2, 0.25) is 5.91 Å². The molecule has 212 valence electrons. The molecule has 2 unspecified atom stereocenters. The van der Waals surface area contributed by atoms with Gasteiger partial charge in [-0.3, -0.25) is 14.5 Å². The molecule has 4 heterocycles. The van der Waals surface area contributed by atoms with Crippen LogP contribution in [0.1, 0.15) is 43.5 Å². The maximum atomic E-state index is 15.1. The number of benzene rings is 1. The van der Waals surface area contributed by atoms with Crippen molar-refractivity contribution in [2.75, 3.05) is 44.7 Å². The molecule has 1 aromatic heterocycles. The van der Waals surface area contributed by atoms with Crippen LogP contribution in [-0.2, 0) is 4.79 Å². The standard InChI is InChI=1S/C30H35ClFN5O3/c1-5-23(38)35-12-13-36-20(15-35)17-40-27-24(29(36)39)28(33-26(25(27)31)21-8-6-7-9-22(21)32)37-16-19(14-30(37,2)3)34(4)18-10-11-18/h5-9,18-20H,1,10-17H2,2-4H3. The zero-order valence-corrected chi connectivity index (χ0v) is 24.0. The van der Waals surface area contributed by atoms with E-state index < -0.39 is 5.82 Å². The van der Waals surface area contributed by atoms with Crippen molar-refractivity contribution >= 4 is 29.2 Å². The van der Waals surface area contributed by atoms with Gasteiger partial charge in [0.15, 0.2) is 5.75 Å². The van der Waals surface area contributed by atoms with Gasteiger partial charge in [0.25, 0.3) is 5.91 Å². The fraction of sp³-hybridized carbons (Fsp3) is 0.500. The van der Waals surface area contributed by atoms with Gasteiger partial charge >= 0.3 is 0 Å². The predicted molar refractivity (Wildman–Crippen MR) is 152 cm³/mol. The Morgan fingerprint density at radius 3 is 2.67 bits per heavy atom. The lowest BCUT2D eigenvalue weighted by Gasteiger charge is -2.40. The lowest BCUT2D eigenvalue weighted by atomic mass is 9.98. The van der Waals surface area contributed by atoms with Crippen molar-refractivity contribution in [3.05, 3.63) is 53.3 Å². The van der Waals surface area contributed by atoms with Crippen LogP contribution in [0.5, 0.6) is 5.75 Å². The van der Waals surface area contributed by atoms with Crippen molar-refractivity contribution in [1.29, 1.82) is 0 Å². The average molecular weight is 568 g/mol. The number of ether oxygens (including phenoxy) is 1. The Bertz CT molecular complexity index is 1380. The van der Waals surface area contributed by atoms with Gasteiger partial charge in [-0.1, -0.05) is 30.3 Å². The summed E-state index contributed by atoms with van der Waals surface area (Å²) in [5, 5.41) is 0.111. The summed E-state index contributed by atoms with van der Waals surface area (Å²) in [6.45, 7) is 9.82. The molecule has 1 saturated carbocycles. The number of rotatable bonds is 5. The van der Waals surface area contributed by atoms with E-state index in [0.29, 0.717) is 43.6 Å². The number of fused-ring (bicyclic) bond motifs is 2.